The monoisotopic (exact) mass is 298 g/mol. The first-order valence-electron chi connectivity index (χ1n) is 6.42. The minimum atomic E-state index is -3.43. The van der Waals surface area contributed by atoms with Crippen LogP contribution in [-0.4, -0.2) is 38.5 Å². The number of benzene rings is 1. The standard InChI is InChI=1S/C13H18N2O4S/c14-10-1-3-11(4-2-10)15-13(16)9-20(17,18)12-5-7-19-8-6-12/h1-4,12H,5-9,14H2,(H,15,16). The summed E-state index contributed by atoms with van der Waals surface area (Å²) in [6, 6.07) is 6.55. The molecule has 0 atom stereocenters. The Morgan fingerprint density at radius 1 is 1.25 bits per heavy atom. The Kier molecular flexibility index (Phi) is 4.61. The van der Waals surface area contributed by atoms with Crippen molar-refractivity contribution < 1.29 is 17.9 Å². The zero-order chi connectivity index (χ0) is 14.6. The SMILES string of the molecule is Nc1ccc(NC(=O)CS(=O)(=O)C2CCOCC2)cc1. The number of carbonyl (C=O) groups is 1. The second-order valence-electron chi connectivity index (χ2n) is 4.79. The first-order valence-corrected chi connectivity index (χ1v) is 8.13. The third-order valence-electron chi connectivity index (χ3n) is 3.20. The summed E-state index contributed by atoms with van der Waals surface area (Å²) in [6.07, 6.45) is 0.912. The fourth-order valence-electron chi connectivity index (χ4n) is 2.10. The molecule has 0 bridgehead atoms. The Bertz CT molecular complexity index is 563. The summed E-state index contributed by atoms with van der Waals surface area (Å²) < 4.78 is 29.3. The summed E-state index contributed by atoms with van der Waals surface area (Å²) >= 11 is 0. The van der Waals surface area contributed by atoms with Gasteiger partial charge in [0.25, 0.3) is 0 Å². The molecule has 3 N–H and O–H groups in total. The van der Waals surface area contributed by atoms with Crippen molar-refractivity contribution in [3.63, 3.8) is 0 Å². The van der Waals surface area contributed by atoms with Crippen LogP contribution in [0.3, 0.4) is 0 Å². The van der Waals surface area contributed by atoms with Gasteiger partial charge in [-0.1, -0.05) is 0 Å². The molecule has 0 aliphatic carbocycles. The molecule has 1 aliphatic heterocycles. The summed E-state index contributed by atoms with van der Waals surface area (Å²) in [5.41, 5.74) is 6.65. The predicted molar refractivity (Wildman–Crippen MR) is 77.1 cm³/mol. The number of sulfone groups is 1. The fourth-order valence-corrected chi connectivity index (χ4v) is 3.68. The average molecular weight is 298 g/mol. The van der Waals surface area contributed by atoms with Gasteiger partial charge in [0, 0.05) is 24.6 Å². The van der Waals surface area contributed by atoms with E-state index in [4.69, 9.17) is 10.5 Å². The smallest absolute Gasteiger partial charge is 0.239 e. The number of amides is 1. The number of ether oxygens (including phenoxy) is 1. The van der Waals surface area contributed by atoms with Crippen molar-refractivity contribution in [2.24, 2.45) is 0 Å². The van der Waals surface area contributed by atoms with Gasteiger partial charge >= 0.3 is 0 Å². The van der Waals surface area contributed by atoms with Crippen molar-refractivity contribution in [1.29, 1.82) is 0 Å². The van der Waals surface area contributed by atoms with Crippen LogP contribution in [0.2, 0.25) is 0 Å². The number of nitrogen functional groups attached to an aromatic ring is 1. The molecule has 0 aromatic heterocycles. The van der Waals surface area contributed by atoms with E-state index in [0.717, 1.165) is 0 Å². The maximum absolute atomic E-state index is 12.1. The molecule has 2 rings (SSSR count). The maximum Gasteiger partial charge on any atom is 0.239 e. The minimum Gasteiger partial charge on any atom is -0.399 e. The molecule has 110 valence electrons. The molecule has 0 saturated carbocycles. The highest BCUT2D eigenvalue weighted by atomic mass is 32.2. The van der Waals surface area contributed by atoms with E-state index in [1.807, 2.05) is 0 Å². The van der Waals surface area contributed by atoms with Crippen LogP contribution in [-0.2, 0) is 19.4 Å². The van der Waals surface area contributed by atoms with E-state index in [1.54, 1.807) is 24.3 Å². The topological polar surface area (TPSA) is 98.5 Å². The molecular weight excluding hydrogens is 280 g/mol. The number of hydrogen-bond donors (Lipinski definition) is 2. The number of rotatable bonds is 4. The lowest BCUT2D eigenvalue weighted by Crippen LogP contribution is -2.34. The average Bonchev–Trinajstić information content (AvgIpc) is 2.42. The molecule has 0 unspecified atom stereocenters. The molecule has 1 aromatic rings. The molecule has 7 heteroatoms. The summed E-state index contributed by atoms with van der Waals surface area (Å²) in [5.74, 6) is -1.02. The van der Waals surface area contributed by atoms with Crippen molar-refractivity contribution in [2.75, 3.05) is 30.0 Å². The van der Waals surface area contributed by atoms with Crippen LogP contribution in [0.1, 0.15) is 12.8 Å². The van der Waals surface area contributed by atoms with Crippen molar-refractivity contribution in [2.45, 2.75) is 18.1 Å². The molecular formula is C13H18N2O4S. The fraction of sp³-hybridized carbons (Fsp3) is 0.462. The van der Waals surface area contributed by atoms with E-state index in [0.29, 0.717) is 37.4 Å². The van der Waals surface area contributed by atoms with Gasteiger partial charge in [0.2, 0.25) is 5.91 Å². The van der Waals surface area contributed by atoms with Gasteiger partial charge in [0.05, 0.1) is 5.25 Å². The van der Waals surface area contributed by atoms with Crippen molar-refractivity contribution in [3.05, 3.63) is 24.3 Å². The van der Waals surface area contributed by atoms with E-state index in [-0.39, 0.29) is 0 Å². The van der Waals surface area contributed by atoms with E-state index < -0.39 is 26.7 Å². The highest BCUT2D eigenvalue weighted by Crippen LogP contribution is 2.17. The van der Waals surface area contributed by atoms with Gasteiger partial charge in [-0.2, -0.15) is 0 Å². The van der Waals surface area contributed by atoms with Gasteiger partial charge in [-0.05, 0) is 37.1 Å². The lowest BCUT2D eigenvalue weighted by atomic mass is 10.2. The quantitative estimate of drug-likeness (QED) is 0.801. The molecule has 1 fully saturated rings. The number of nitrogens with one attached hydrogen (secondary N) is 1. The highest BCUT2D eigenvalue weighted by molar-refractivity contribution is 7.92. The molecule has 0 radical (unpaired) electrons. The van der Waals surface area contributed by atoms with Crippen LogP contribution in [0.5, 0.6) is 0 Å². The van der Waals surface area contributed by atoms with Crippen molar-refractivity contribution in [3.8, 4) is 0 Å². The molecule has 1 aromatic carbocycles. The number of anilines is 2. The van der Waals surface area contributed by atoms with Gasteiger partial charge in [0.15, 0.2) is 9.84 Å². The van der Waals surface area contributed by atoms with E-state index in [2.05, 4.69) is 5.32 Å². The summed E-state index contributed by atoms with van der Waals surface area (Å²) in [5, 5.41) is 2.08. The van der Waals surface area contributed by atoms with Crippen LogP contribution in [0.4, 0.5) is 11.4 Å². The summed E-state index contributed by atoms with van der Waals surface area (Å²) in [4.78, 5) is 11.8. The van der Waals surface area contributed by atoms with E-state index in [1.165, 1.54) is 0 Å². The van der Waals surface area contributed by atoms with Crippen LogP contribution in [0, 0.1) is 0 Å². The zero-order valence-electron chi connectivity index (χ0n) is 11.0. The highest BCUT2D eigenvalue weighted by Gasteiger charge is 2.29. The van der Waals surface area contributed by atoms with Crippen LogP contribution < -0.4 is 11.1 Å². The first-order chi connectivity index (χ1) is 9.47. The van der Waals surface area contributed by atoms with Gasteiger partial charge in [-0.25, -0.2) is 8.42 Å². The Hall–Kier alpha value is -1.60. The second kappa shape index (κ2) is 6.23. The van der Waals surface area contributed by atoms with Crippen molar-refractivity contribution >= 4 is 27.1 Å². The Balaban J connectivity index is 1.94. The maximum atomic E-state index is 12.1. The first kappa shape index (κ1) is 14.8. The number of nitrogens with two attached hydrogens (primary N) is 1. The van der Waals surface area contributed by atoms with Gasteiger partial charge in [-0.15, -0.1) is 0 Å². The molecule has 1 heterocycles. The van der Waals surface area contributed by atoms with E-state index >= 15 is 0 Å². The van der Waals surface area contributed by atoms with Crippen LogP contribution in [0.15, 0.2) is 24.3 Å². The molecule has 0 spiro atoms. The Morgan fingerprint density at radius 3 is 2.45 bits per heavy atom. The van der Waals surface area contributed by atoms with Gasteiger partial charge in [-0.3, -0.25) is 4.79 Å². The molecule has 1 amide bonds. The zero-order valence-corrected chi connectivity index (χ0v) is 11.9. The van der Waals surface area contributed by atoms with Crippen molar-refractivity contribution in [1.82, 2.24) is 0 Å². The largest absolute Gasteiger partial charge is 0.399 e. The lowest BCUT2D eigenvalue weighted by molar-refractivity contribution is -0.113. The minimum absolute atomic E-state index is 0.434. The number of carbonyl (C=O) groups excluding carboxylic acids is 1. The Morgan fingerprint density at radius 2 is 1.85 bits per heavy atom. The second-order valence-corrected chi connectivity index (χ2v) is 7.07. The molecule has 1 saturated heterocycles. The summed E-state index contributed by atoms with van der Waals surface area (Å²) in [7, 11) is -3.43. The van der Waals surface area contributed by atoms with E-state index in [9.17, 15) is 13.2 Å². The lowest BCUT2D eigenvalue weighted by Gasteiger charge is -2.21. The number of hydrogen-bond acceptors (Lipinski definition) is 5. The normalized spacial score (nSPS) is 16.8. The molecule has 1 aliphatic rings. The third-order valence-corrected chi connectivity index (χ3v) is 5.35. The molecule has 20 heavy (non-hydrogen) atoms. The predicted octanol–water partition coefficient (Wildman–Crippen LogP) is 0.801. The third kappa shape index (κ3) is 3.94. The van der Waals surface area contributed by atoms with Crippen LogP contribution in [0.25, 0.3) is 0 Å². The van der Waals surface area contributed by atoms with Gasteiger partial charge < -0.3 is 15.8 Å². The summed E-state index contributed by atoms with van der Waals surface area (Å²) in [6.45, 7) is 0.868. The van der Waals surface area contributed by atoms with Gasteiger partial charge in [0.1, 0.15) is 5.75 Å². The van der Waals surface area contributed by atoms with Crippen LogP contribution >= 0.6 is 0 Å². The Labute approximate surface area is 118 Å². The molecule has 6 nitrogen and oxygen atoms in total.